The van der Waals surface area contributed by atoms with Crippen LogP contribution in [-0.2, 0) is 4.79 Å². The van der Waals surface area contributed by atoms with Gasteiger partial charge in [-0.15, -0.1) is 0 Å². The first kappa shape index (κ1) is 17.4. The second kappa shape index (κ2) is 6.53. The summed E-state index contributed by atoms with van der Waals surface area (Å²) in [5.74, 6) is -0.279. The van der Waals surface area contributed by atoms with Gasteiger partial charge in [0.05, 0.1) is 5.54 Å². The summed E-state index contributed by atoms with van der Waals surface area (Å²) in [6.45, 7) is 13.4. The summed E-state index contributed by atoms with van der Waals surface area (Å²) < 4.78 is 0. The van der Waals surface area contributed by atoms with Crippen LogP contribution in [0.2, 0.25) is 0 Å². The molecule has 0 aromatic heterocycles. The Labute approximate surface area is 112 Å². The van der Waals surface area contributed by atoms with Crippen LogP contribution in [0, 0.1) is 0 Å². The van der Waals surface area contributed by atoms with Crippen molar-refractivity contribution in [3.63, 3.8) is 0 Å². The average Bonchev–Trinajstić information content (AvgIpc) is 2.27. The number of nitrogens with one attached hydrogen (secondary N) is 1. The van der Waals surface area contributed by atoms with Crippen LogP contribution in [0.4, 0.5) is 0 Å². The molecule has 0 rings (SSSR count). The van der Waals surface area contributed by atoms with Crippen LogP contribution < -0.4 is 11.1 Å². The molecular weight excluding hydrogens is 226 g/mol. The molecule has 4 heteroatoms. The standard InChI is InChI=1S/C14H31N3O/c1-8-13(4,5)17(7)11(3)10-14(6,12(15)18)16-9-2/h11,16H,8-10H2,1-7H3,(H2,15,18). The molecular formula is C14H31N3O. The number of primary amides is 1. The van der Waals surface area contributed by atoms with Gasteiger partial charge in [-0.25, -0.2) is 0 Å². The van der Waals surface area contributed by atoms with E-state index in [9.17, 15) is 4.79 Å². The number of nitrogens with zero attached hydrogens (tertiary/aromatic N) is 1. The highest BCUT2D eigenvalue weighted by molar-refractivity contribution is 5.84. The van der Waals surface area contributed by atoms with Crippen molar-refractivity contribution in [1.29, 1.82) is 0 Å². The van der Waals surface area contributed by atoms with Crippen LogP contribution in [0.3, 0.4) is 0 Å². The first-order valence-corrected chi connectivity index (χ1v) is 6.88. The molecule has 0 aliphatic rings. The van der Waals surface area contributed by atoms with Gasteiger partial charge in [0.1, 0.15) is 0 Å². The molecule has 0 spiro atoms. The number of carbonyl (C=O) groups is 1. The highest BCUT2D eigenvalue weighted by Crippen LogP contribution is 2.24. The van der Waals surface area contributed by atoms with Gasteiger partial charge in [0.25, 0.3) is 0 Å². The van der Waals surface area contributed by atoms with Crippen molar-refractivity contribution in [2.75, 3.05) is 13.6 Å². The third-order valence-corrected chi connectivity index (χ3v) is 4.30. The number of amides is 1. The van der Waals surface area contributed by atoms with E-state index in [0.717, 1.165) is 19.4 Å². The van der Waals surface area contributed by atoms with Crippen molar-refractivity contribution in [2.45, 2.75) is 71.5 Å². The summed E-state index contributed by atoms with van der Waals surface area (Å²) in [4.78, 5) is 14.0. The lowest BCUT2D eigenvalue weighted by molar-refractivity contribution is -0.124. The minimum Gasteiger partial charge on any atom is -0.368 e. The molecule has 2 atom stereocenters. The molecule has 18 heavy (non-hydrogen) atoms. The zero-order valence-electron chi connectivity index (χ0n) is 13.1. The Bertz CT molecular complexity index is 278. The molecule has 0 aromatic carbocycles. The second-order valence-corrected chi connectivity index (χ2v) is 6.06. The van der Waals surface area contributed by atoms with Gasteiger partial charge >= 0.3 is 0 Å². The predicted molar refractivity (Wildman–Crippen MR) is 77.5 cm³/mol. The summed E-state index contributed by atoms with van der Waals surface area (Å²) in [6, 6.07) is 0.288. The van der Waals surface area contributed by atoms with E-state index in [2.05, 4.69) is 45.0 Å². The van der Waals surface area contributed by atoms with E-state index in [1.54, 1.807) is 0 Å². The number of carbonyl (C=O) groups excluding carboxylic acids is 1. The van der Waals surface area contributed by atoms with Crippen LogP contribution in [0.1, 0.15) is 54.4 Å². The van der Waals surface area contributed by atoms with Crippen LogP contribution in [0.5, 0.6) is 0 Å². The average molecular weight is 257 g/mol. The molecule has 3 N–H and O–H groups in total. The van der Waals surface area contributed by atoms with Gasteiger partial charge in [-0.1, -0.05) is 13.8 Å². The molecule has 108 valence electrons. The lowest BCUT2D eigenvalue weighted by Gasteiger charge is -2.42. The van der Waals surface area contributed by atoms with Crippen molar-refractivity contribution in [3.05, 3.63) is 0 Å². The number of hydrogen-bond acceptors (Lipinski definition) is 3. The summed E-state index contributed by atoms with van der Waals surface area (Å²) >= 11 is 0. The summed E-state index contributed by atoms with van der Waals surface area (Å²) in [5.41, 5.74) is 5.02. The normalized spacial score (nSPS) is 17.6. The first-order valence-electron chi connectivity index (χ1n) is 6.88. The summed E-state index contributed by atoms with van der Waals surface area (Å²) in [5, 5.41) is 3.21. The molecule has 0 fully saturated rings. The van der Waals surface area contributed by atoms with Crippen molar-refractivity contribution in [1.82, 2.24) is 10.2 Å². The van der Waals surface area contributed by atoms with Crippen molar-refractivity contribution in [2.24, 2.45) is 5.73 Å². The minimum absolute atomic E-state index is 0.129. The van der Waals surface area contributed by atoms with E-state index in [-0.39, 0.29) is 17.5 Å². The van der Waals surface area contributed by atoms with E-state index < -0.39 is 5.54 Å². The lowest BCUT2D eigenvalue weighted by Crippen LogP contribution is -2.57. The fourth-order valence-electron chi connectivity index (χ4n) is 2.22. The topological polar surface area (TPSA) is 58.4 Å². The fourth-order valence-corrected chi connectivity index (χ4v) is 2.22. The Morgan fingerprint density at radius 1 is 1.33 bits per heavy atom. The molecule has 0 bridgehead atoms. The SMILES string of the molecule is CCNC(C)(CC(C)N(C)C(C)(C)CC)C(N)=O. The predicted octanol–water partition coefficient (Wildman–Crippen LogP) is 1.74. The minimum atomic E-state index is -0.633. The Balaban J connectivity index is 4.81. The lowest BCUT2D eigenvalue weighted by atomic mass is 9.89. The highest BCUT2D eigenvalue weighted by Gasteiger charge is 2.35. The molecule has 0 aromatic rings. The first-order chi connectivity index (χ1) is 8.10. The van der Waals surface area contributed by atoms with E-state index in [1.165, 1.54) is 0 Å². The zero-order valence-corrected chi connectivity index (χ0v) is 13.1. The third-order valence-electron chi connectivity index (χ3n) is 4.30. The van der Waals surface area contributed by atoms with Crippen LogP contribution in [0.15, 0.2) is 0 Å². The molecule has 0 radical (unpaired) electrons. The molecule has 1 amide bonds. The maximum absolute atomic E-state index is 11.6. The third kappa shape index (κ3) is 4.25. The van der Waals surface area contributed by atoms with E-state index >= 15 is 0 Å². The maximum Gasteiger partial charge on any atom is 0.237 e. The maximum atomic E-state index is 11.6. The van der Waals surface area contributed by atoms with Gasteiger partial charge in [0.2, 0.25) is 5.91 Å². The Kier molecular flexibility index (Phi) is 6.30. The van der Waals surface area contributed by atoms with E-state index in [1.807, 2.05) is 13.8 Å². The zero-order chi connectivity index (χ0) is 14.6. The van der Waals surface area contributed by atoms with Crippen molar-refractivity contribution < 1.29 is 4.79 Å². The second-order valence-electron chi connectivity index (χ2n) is 6.06. The molecule has 4 nitrogen and oxygen atoms in total. The summed E-state index contributed by atoms with van der Waals surface area (Å²) in [6.07, 6.45) is 1.79. The van der Waals surface area contributed by atoms with Gasteiger partial charge in [0, 0.05) is 11.6 Å². The van der Waals surface area contributed by atoms with Gasteiger partial charge in [0.15, 0.2) is 0 Å². The van der Waals surface area contributed by atoms with Gasteiger partial charge in [-0.3, -0.25) is 9.69 Å². The molecule has 0 heterocycles. The smallest absolute Gasteiger partial charge is 0.237 e. The van der Waals surface area contributed by atoms with Crippen LogP contribution >= 0.6 is 0 Å². The number of likely N-dealkylation sites (N-methyl/N-ethyl adjacent to an activating group) is 1. The van der Waals surface area contributed by atoms with Crippen LogP contribution in [-0.4, -0.2) is 41.5 Å². The number of hydrogen-bond donors (Lipinski definition) is 2. The monoisotopic (exact) mass is 257 g/mol. The Morgan fingerprint density at radius 2 is 1.83 bits per heavy atom. The van der Waals surface area contributed by atoms with E-state index in [4.69, 9.17) is 5.73 Å². The molecule has 2 unspecified atom stereocenters. The quantitative estimate of drug-likeness (QED) is 0.696. The molecule has 0 aliphatic heterocycles. The van der Waals surface area contributed by atoms with Crippen molar-refractivity contribution >= 4 is 5.91 Å². The largest absolute Gasteiger partial charge is 0.368 e. The number of nitrogens with two attached hydrogens (primary N) is 1. The van der Waals surface area contributed by atoms with Crippen LogP contribution in [0.25, 0.3) is 0 Å². The van der Waals surface area contributed by atoms with Crippen molar-refractivity contribution in [3.8, 4) is 0 Å². The fraction of sp³-hybridized carbons (Fsp3) is 0.929. The Morgan fingerprint density at radius 3 is 2.17 bits per heavy atom. The molecule has 0 saturated heterocycles. The van der Waals surface area contributed by atoms with Gasteiger partial charge in [-0.05, 0) is 54.1 Å². The summed E-state index contributed by atoms with van der Waals surface area (Å²) in [7, 11) is 2.11. The molecule has 0 saturated carbocycles. The van der Waals surface area contributed by atoms with Gasteiger partial charge < -0.3 is 11.1 Å². The van der Waals surface area contributed by atoms with E-state index in [0.29, 0.717) is 0 Å². The number of rotatable bonds is 8. The van der Waals surface area contributed by atoms with Gasteiger partial charge in [-0.2, -0.15) is 0 Å². The highest BCUT2D eigenvalue weighted by atomic mass is 16.1. The molecule has 0 aliphatic carbocycles. The Hall–Kier alpha value is -0.610.